The smallest absolute Gasteiger partial charge is 0.119 e. The number of halogens is 1. The van der Waals surface area contributed by atoms with Crippen LogP contribution in [0.2, 0.25) is 5.02 Å². The van der Waals surface area contributed by atoms with Crippen LogP contribution in [0.1, 0.15) is 16.7 Å². The Hall–Kier alpha value is -2.33. The van der Waals surface area contributed by atoms with Crippen molar-refractivity contribution in [1.82, 2.24) is 4.90 Å². The number of aliphatic hydroxyl groups is 1. The Balaban J connectivity index is 2.10. The third-order valence-electron chi connectivity index (χ3n) is 5.43. The van der Waals surface area contributed by atoms with E-state index < -0.39 is 5.60 Å². The zero-order valence-corrected chi connectivity index (χ0v) is 17.9. The van der Waals surface area contributed by atoms with Gasteiger partial charge in [-0.3, -0.25) is 0 Å². The van der Waals surface area contributed by atoms with E-state index in [1.54, 1.807) is 7.11 Å². The minimum atomic E-state index is -1.17. The van der Waals surface area contributed by atoms with Gasteiger partial charge in [0.05, 0.1) is 7.11 Å². The molecule has 0 aromatic heterocycles. The zero-order valence-electron chi connectivity index (χ0n) is 17.2. The van der Waals surface area contributed by atoms with Crippen molar-refractivity contribution in [1.29, 1.82) is 0 Å². The Kier molecular flexibility index (Phi) is 6.96. The highest BCUT2D eigenvalue weighted by molar-refractivity contribution is 6.31. The van der Waals surface area contributed by atoms with Crippen LogP contribution in [-0.4, -0.2) is 37.3 Å². The van der Waals surface area contributed by atoms with Crippen molar-refractivity contribution in [2.45, 2.75) is 24.5 Å². The Morgan fingerprint density at radius 3 is 2.31 bits per heavy atom. The van der Waals surface area contributed by atoms with Crippen LogP contribution in [0.3, 0.4) is 0 Å². The van der Waals surface area contributed by atoms with Crippen LogP contribution in [-0.2, 0) is 18.4 Å². The number of benzene rings is 3. The molecule has 1 N–H and O–H groups in total. The summed E-state index contributed by atoms with van der Waals surface area (Å²) >= 11 is 6.47. The molecule has 0 aliphatic carbocycles. The van der Waals surface area contributed by atoms with Crippen LogP contribution in [0.15, 0.2) is 78.9 Å². The molecule has 0 saturated carbocycles. The number of nitrogens with zero attached hydrogens (tertiary/aromatic N) is 1. The van der Waals surface area contributed by atoms with E-state index in [1.807, 2.05) is 80.8 Å². The first kappa shape index (κ1) is 21.4. The van der Waals surface area contributed by atoms with Gasteiger partial charge in [0.25, 0.3) is 0 Å². The molecule has 0 bridgehead atoms. The van der Waals surface area contributed by atoms with Crippen molar-refractivity contribution in [3.05, 3.63) is 101 Å². The molecule has 0 aliphatic rings. The van der Waals surface area contributed by atoms with Gasteiger partial charge in [-0.1, -0.05) is 72.3 Å². The summed E-state index contributed by atoms with van der Waals surface area (Å²) in [5.74, 6) is 0.720. The van der Waals surface area contributed by atoms with Gasteiger partial charge in [0, 0.05) is 17.5 Å². The number of methoxy groups -OCH3 is 1. The van der Waals surface area contributed by atoms with Gasteiger partial charge >= 0.3 is 0 Å². The molecule has 0 amide bonds. The minimum absolute atomic E-state index is 0.173. The Morgan fingerprint density at radius 1 is 0.966 bits per heavy atom. The standard InChI is InChI=1S/C25H28ClNO2/c1-27(2)24(16-19-10-5-4-6-11-19)25(28,18-20-12-7-8-15-23(20)26)21-13-9-14-22(17-21)29-3/h4-15,17,24,28H,16,18H2,1-3H3. The molecule has 0 spiro atoms. The maximum Gasteiger partial charge on any atom is 0.119 e. The monoisotopic (exact) mass is 409 g/mol. The molecule has 3 nitrogen and oxygen atoms in total. The van der Waals surface area contributed by atoms with Gasteiger partial charge < -0.3 is 14.7 Å². The highest BCUT2D eigenvalue weighted by Gasteiger charge is 2.40. The van der Waals surface area contributed by atoms with Crippen LogP contribution < -0.4 is 4.74 Å². The van der Waals surface area contributed by atoms with Crippen molar-refractivity contribution < 1.29 is 9.84 Å². The summed E-state index contributed by atoms with van der Waals surface area (Å²) in [7, 11) is 5.65. The van der Waals surface area contributed by atoms with E-state index in [0.717, 1.165) is 16.9 Å². The van der Waals surface area contributed by atoms with Crippen molar-refractivity contribution in [3.63, 3.8) is 0 Å². The summed E-state index contributed by atoms with van der Waals surface area (Å²) in [6, 6.07) is 25.5. The second-order valence-corrected chi connectivity index (χ2v) is 8.00. The van der Waals surface area contributed by atoms with Crippen LogP contribution in [0.25, 0.3) is 0 Å². The second kappa shape index (κ2) is 9.45. The molecule has 0 fully saturated rings. The first-order valence-corrected chi connectivity index (χ1v) is 10.1. The zero-order chi connectivity index (χ0) is 20.9. The molecule has 0 radical (unpaired) electrons. The van der Waals surface area contributed by atoms with Crippen LogP contribution in [0, 0.1) is 0 Å². The van der Waals surface area contributed by atoms with E-state index >= 15 is 0 Å². The van der Waals surface area contributed by atoms with E-state index in [9.17, 15) is 5.11 Å². The summed E-state index contributed by atoms with van der Waals surface area (Å²) in [6.07, 6.45) is 1.10. The number of hydrogen-bond acceptors (Lipinski definition) is 3. The fourth-order valence-electron chi connectivity index (χ4n) is 3.85. The van der Waals surface area contributed by atoms with Gasteiger partial charge in [-0.25, -0.2) is 0 Å². The molecule has 4 heteroatoms. The highest BCUT2D eigenvalue weighted by atomic mass is 35.5. The summed E-state index contributed by atoms with van der Waals surface area (Å²) in [5, 5.41) is 12.9. The average molecular weight is 410 g/mol. The average Bonchev–Trinajstić information content (AvgIpc) is 2.74. The fourth-order valence-corrected chi connectivity index (χ4v) is 4.06. The quantitative estimate of drug-likeness (QED) is 0.571. The van der Waals surface area contributed by atoms with Crippen molar-refractivity contribution >= 4 is 11.6 Å². The summed E-state index contributed by atoms with van der Waals surface area (Å²) in [6.45, 7) is 0. The summed E-state index contributed by atoms with van der Waals surface area (Å²) in [4.78, 5) is 2.09. The third kappa shape index (κ3) is 4.99. The molecule has 3 rings (SSSR count). The van der Waals surface area contributed by atoms with E-state index in [1.165, 1.54) is 5.56 Å². The lowest BCUT2D eigenvalue weighted by molar-refractivity contribution is -0.0389. The van der Waals surface area contributed by atoms with Gasteiger partial charge in [0.2, 0.25) is 0 Å². The third-order valence-corrected chi connectivity index (χ3v) is 5.80. The maximum atomic E-state index is 12.2. The Morgan fingerprint density at radius 2 is 1.66 bits per heavy atom. The molecular weight excluding hydrogens is 382 g/mol. The molecular formula is C25H28ClNO2. The molecule has 2 unspecified atom stereocenters. The van der Waals surface area contributed by atoms with Gasteiger partial charge in [-0.15, -0.1) is 0 Å². The SMILES string of the molecule is COc1cccc(C(O)(Cc2ccccc2Cl)C(Cc2ccccc2)N(C)C)c1. The summed E-state index contributed by atoms with van der Waals surface area (Å²) < 4.78 is 5.43. The fraction of sp³-hybridized carbons (Fsp3) is 0.280. The number of hydrogen-bond donors (Lipinski definition) is 1. The molecule has 3 aromatic rings. The predicted molar refractivity (Wildman–Crippen MR) is 120 cm³/mol. The maximum absolute atomic E-state index is 12.2. The predicted octanol–water partition coefficient (Wildman–Crippen LogP) is 4.95. The molecule has 29 heavy (non-hydrogen) atoms. The largest absolute Gasteiger partial charge is 0.497 e. The number of rotatable bonds is 8. The lowest BCUT2D eigenvalue weighted by atomic mass is 9.78. The Bertz CT molecular complexity index is 929. The Labute approximate surface area is 178 Å². The van der Waals surface area contributed by atoms with Crippen LogP contribution in [0.5, 0.6) is 5.75 Å². The van der Waals surface area contributed by atoms with Gasteiger partial charge in [-0.05, 0) is 55.4 Å². The van der Waals surface area contributed by atoms with E-state index in [-0.39, 0.29) is 6.04 Å². The first-order chi connectivity index (χ1) is 13.9. The van der Waals surface area contributed by atoms with Crippen LogP contribution in [0.4, 0.5) is 0 Å². The van der Waals surface area contributed by atoms with Crippen molar-refractivity contribution in [3.8, 4) is 5.75 Å². The minimum Gasteiger partial charge on any atom is -0.497 e. The van der Waals surface area contributed by atoms with Crippen LogP contribution >= 0.6 is 11.6 Å². The molecule has 0 saturated heterocycles. The lowest BCUT2D eigenvalue weighted by Crippen LogP contribution is -2.50. The first-order valence-electron chi connectivity index (χ1n) is 9.74. The van der Waals surface area contributed by atoms with Crippen molar-refractivity contribution in [2.24, 2.45) is 0 Å². The lowest BCUT2D eigenvalue weighted by Gasteiger charge is -2.41. The van der Waals surface area contributed by atoms with Crippen molar-refractivity contribution in [2.75, 3.05) is 21.2 Å². The van der Waals surface area contributed by atoms with E-state index in [0.29, 0.717) is 17.9 Å². The topological polar surface area (TPSA) is 32.7 Å². The molecule has 0 heterocycles. The molecule has 2 atom stereocenters. The summed E-state index contributed by atoms with van der Waals surface area (Å²) in [5.41, 5.74) is 1.73. The van der Waals surface area contributed by atoms with Gasteiger partial charge in [0.1, 0.15) is 11.4 Å². The number of ether oxygens (including phenoxy) is 1. The second-order valence-electron chi connectivity index (χ2n) is 7.59. The molecule has 152 valence electrons. The van der Waals surface area contributed by atoms with E-state index in [4.69, 9.17) is 16.3 Å². The molecule has 3 aromatic carbocycles. The highest BCUT2D eigenvalue weighted by Crippen LogP contribution is 2.36. The van der Waals surface area contributed by atoms with Gasteiger partial charge in [0.15, 0.2) is 0 Å². The van der Waals surface area contributed by atoms with E-state index in [2.05, 4.69) is 17.0 Å². The molecule has 0 aliphatic heterocycles. The van der Waals surface area contributed by atoms with Gasteiger partial charge in [-0.2, -0.15) is 0 Å². The normalized spacial score (nSPS) is 14.4. The number of likely N-dealkylation sites (N-methyl/N-ethyl adjacent to an activating group) is 1.